The van der Waals surface area contributed by atoms with E-state index in [4.69, 9.17) is 5.11 Å². The molecule has 20 heavy (non-hydrogen) atoms. The van der Waals surface area contributed by atoms with Crippen LogP contribution in [0.4, 0.5) is 0 Å². The molecule has 0 unspecified atom stereocenters. The number of aliphatic hydroxyl groups is 1. The molecule has 0 amide bonds. The molecule has 0 saturated carbocycles. The summed E-state index contributed by atoms with van der Waals surface area (Å²) in [6.07, 6.45) is 2.97. The molecule has 0 aliphatic rings. The molecular weight excluding hydrogens is 274 g/mol. The van der Waals surface area contributed by atoms with Crippen LogP contribution in [0.2, 0.25) is 0 Å². The Hall–Kier alpha value is -0.910. The maximum Gasteiger partial charge on any atom is 0.243 e. The Morgan fingerprint density at radius 3 is 2.20 bits per heavy atom. The average Bonchev–Trinajstić information content (AvgIpc) is 2.43. The summed E-state index contributed by atoms with van der Waals surface area (Å²) < 4.78 is 26.8. The van der Waals surface area contributed by atoms with Crippen LogP contribution in [0.25, 0.3) is 0 Å². The van der Waals surface area contributed by atoms with Crippen molar-refractivity contribution < 1.29 is 13.5 Å². The summed E-state index contributed by atoms with van der Waals surface area (Å²) in [5.74, 6) is 0. The van der Waals surface area contributed by atoms with Crippen molar-refractivity contribution in [1.29, 1.82) is 0 Å². The molecule has 0 radical (unpaired) electrons. The Labute approximate surface area is 122 Å². The SMILES string of the molecule is CCCCCN(C(C)C)S(=O)(=O)c1ccc(CO)cc1. The molecule has 0 heterocycles. The van der Waals surface area contributed by atoms with Crippen LogP contribution in [0, 0.1) is 0 Å². The van der Waals surface area contributed by atoms with E-state index in [0.717, 1.165) is 19.3 Å². The largest absolute Gasteiger partial charge is 0.392 e. The van der Waals surface area contributed by atoms with E-state index >= 15 is 0 Å². The van der Waals surface area contributed by atoms with Crippen LogP contribution in [-0.4, -0.2) is 30.4 Å². The van der Waals surface area contributed by atoms with E-state index in [1.807, 2.05) is 13.8 Å². The highest BCUT2D eigenvalue weighted by Crippen LogP contribution is 2.19. The van der Waals surface area contributed by atoms with E-state index in [0.29, 0.717) is 17.0 Å². The lowest BCUT2D eigenvalue weighted by atomic mass is 10.2. The summed E-state index contributed by atoms with van der Waals surface area (Å²) in [6, 6.07) is 6.37. The van der Waals surface area contributed by atoms with Gasteiger partial charge in [-0.3, -0.25) is 0 Å². The number of unbranched alkanes of at least 4 members (excludes halogenated alkanes) is 2. The first kappa shape index (κ1) is 17.1. The predicted molar refractivity (Wildman–Crippen MR) is 80.9 cm³/mol. The van der Waals surface area contributed by atoms with Crippen molar-refractivity contribution >= 4 is 10.0 Å². The van der Waals surface area contributed by atoms with Gasteiger partial charge in [0.2, 0.25) is 10.0 Å². The fraction of sp³-hybridized carbons (Fsp3) is 0.600. The fourth-order valence-electron chi connectivity index (χ4n) is 2.08. The van der Waals surface area contributed by atoms with Crippen molar-refractivity contribution in [3.63, 3.8) is 0 Å². The molecular formula is C15H25NO3S. The van der Waals surface area contributed by atoms with Crippen molar-refractivity contribution in [3.05, 3.63) is 29.8 Å². The summed E-state index contributed by atoms with van der Waals surface area (Å²) in [4.78, 5) is 0.292. The van der Waals surface area contributed by atoms with Gasteiger partial charge in [-0.25, -0.2) is 8.42 Å². The number of aliphatic hydroxyl groups excluding tert-OH is 1. The molecule has 5 heteroatoms. The Morgan fingerprint density at radius 2 is 1.75 bits per heavy atom. The minimum Gasteiger partial charge on any atom is -0.392 e. The third-order valence-electron chi connectivity index (χ3n) is 3.27. The molecule has 0 fully saturated rings. The number of sulfonamides is 1. The number of hydrogen-bond donors (Lipinski definition) is 1. The highest BCUT2D eigenvalue weighted by molar-refractivity contribution is 7.89. The monoisotopic (exact) mass is 299 g/mol. The Kier molecular flexibility index (Phi) is 6.65. The molecule has 114 valence electrons. The zero-order chi connectivity index (χ0) is 15.2. The standard InChI is InChI=1S/C15H25NO3S/c1-4-5-6-11-16(13(2)3)20(18,19)15-9-7-14(12-17)8-10-15/h7-10,13,17H,4-6,11-12H2,1-3H3. The first-order valence-corrected chi connectivity index (χ1v) is 8.59. The highest BCUT2D eigenvalue weighted by Gasteiger charge is 2.26. The van der Waals surface area contributed by atoms with Crippen LogP contribution in [0.1, 0.15) is 45.6 Å². The summed E-state index contributed by atoms with van der Waals surface area (Å²) in [7, 11) is -3.45. The smallest absolute Gasteiger partial charge is 0.243 e. The summed E-state index contributed by atoms with van der Waals surface area (Å²) in [6.45, 7) is 6.36. The quantitative estimate of drug-likeness (QED) is 0.751. The normalized spacial score (nSPS) is 12.3. The van der Waals surface area contributed by atoms with E-state index in [2.05, 4.69) is 6.92 Å². The maximum absolute atomic E-state index is 12.6. The van der Waals surface area contributed by atoms with Crippen molar-refractivity contribution in [2.75, 3.05) is 6.54 Å². The maximum atomic E-state index is 12.6. The van der Waals surface area contributed by atoms with Crippen molar-refractivity contribution in [2.24, 2.45) is 0 Å². The van der Waals surface area contributed by atoms with Gasteiger partial charge in [-0.2, -0.15) is 4.31 Å². The van der Waals surface area contributed by atoms with Crippen LogP contribution >= 0.6 is 0 Å². The van der Waals surface area contributed by atoms with E-state index in [1.54, 1.807) is 28.6 Å². The van der Waals surface area contributed by atoms with Gasteiger partial charge in [-0.15, -0.1) is 0 Å². The van der Waals surface area contributed by atoms with Gasteiger partial charge >= 0.3 is 0 Å². The lowest BCUT2D eigenvalue weighted by Gasteiger charge is -2.26. The Bertz CT molecular complexity index is 494. The van der Waals surface area contributed by atoms with Gasteiger partial charge in [0.15, 0.2) is 0 Å². The number of benzene rings is 1. The molecule has 4 nitrogen and oxygen atoms in total. The molecule has 0 aromatic heterocycles. The fourth-order valence-corrected chi connectivity index (χ4v) is 3.75. The van der Waals surface area contributed by atoms with Gasteiger partial charge in [0, 0.05) is 12.6 Å². The minimum atomic E-state index is -3.45. The van der Waals surface area contributed by atoms with Gasteiger partial charge in [-0.05, 0) is 38.0 Å². The predicted octanol–water partition coefficient (Wildman–Crippen LogP) is 2.77. The molecule has 1 N–H and O–H groups in total. The molecule has 0 aliphatic carbocycles. The van der Waals surface area contributed by atoms with Crippen LogP contribution in [0.3, 0.4) is 0 Å². The molecule has 0 atom stereocenters. The van der Waals surface area contributed by atoms with Gasteiger partial charge in [0.05, 0.1) is 11.5 Å². The number of rotatable bonds is 8. The van der Waals surface area contributed by atoms with Crippen molar-refractivity contribution in [1.82, 2.24) is 4.31 Å². The molecule has 0 aliphatic heterocycles. The van der Waals surface area contributed by atoms with E-state index < -0.39 is 10.0 Å². The third-order valence-corrected chi connectivity index (χ3v) is 5.36. The topological polar surface area (TPSA) is 57.6 Å². The third kappa shape index (κ3) is 4.30. The number of hydrogen-bond acceptors (Lipinski definition) is 3. The number of nitrogens with zero attached hydrogens (tertiary/aromatic N) is 1. The Balaban J connectivity index is 2.96. The molecule has 1 aromatic carbocycles. The van der Waals surface area contributed by atoms with Crippen molar-refractivity contribution in [2.45, 2.75) is 57.6 Å². The van der Waals surface area contributed by atoms with Crippen LogP contribution < -0.4 is 0 Å². The highest BCUT2D eigenvalue weighted by atomic mass is 32.2. The molecule has 0 bridgehead atoms. The second-order valence-corrected chi connectivity index (χ2v) is 7.11. The molecule has 1 aromatic rings. The second-order valence-electron chi connectivity index (χ2n) is 5.22. The van der Waals surface area contributed by atoms with E-state index in [-0.39, 0.29) is 12.6 Å². The first-order chi connectivity index (χ1) is 9.43. The molecule has 0 saturated heterocycles. The van der Waals surface area contributed by atoms with Crippen molar-refractivity contribution in [3.8, 4) is 0 Å². The zero-order valence-electron chi connectivity index (χ0n) is 12.5. The summed E-state index contributed by atoms with van der Waals surface area (Å²) in [5, 5.41) is 9.01. The van der Waals surface area contributed by atoms with Crippen LogP contribution in [-0.2, 0) is 16.6 Å². The lowest BCUT2D eigenvalue weighted by molar-refractivity contribution is 0.281. The second kappa shape index (κ2) is 7.76. The summed E-state index contributed by atoms with van der Waals surface area (Å²) >= 11 is 0. The zero-order valence-corrected chi connectivity index (χ0v) is 13.4. The van der Waals surface area contributed by atoms with Gasteiger partial charge in [0.1, 0.15) is 0 Å². The van der Waals surface area contributed by atoms with E-state index in [9.17, 15) is 8.42 Å². The van der Waals surface area contributed by atoms with Crippen LogP contribution in [0.15, 0.2) is 29.2 Å². The van der Waals surface area contributed by atoms with Crippen LogP contribution in [0.5, 0.6) is 0 Å². The van der Waals surface area contributed by atoms with Gasteiger partial charge < -0.3 is 5.11 Å². The minimum absolute atomic E-state index is 0.0608. The lowest BCUT2D eigenvalue weighted by Crippen LogP contribution is -2.37. The first-order valence-electron chi connectivity index (χ1n) is 7.15. The molecule has 0 spiro atoms. The molecule has 1 rings (SSSR count). The summed E-state index contributed by atoms with van der Waals surface area (Å²) in [5.41, 5.74) is 0.714. The van der Waals surface area contributed by atoms with Gasteiger partial charge in [0.25, 0.3) is 0 Å². The van der Waals surface area contributed by atoms with Gasteiger partial charge in [-0.1, -0.05) is 31.9 Å². The Morgan fingerprint density at radius 1 is 1.15 bits per heavy atom. The average molecular weight is 299 g/mol. The van der Waals surface area contributed by atoms with E-state index in [1.165, 1.54) is 0 Å².